The quantitative estimate of drug-likeness (QED) is 0.777. The first-order chi connectivity index (χ1) is 6.72. The molecule has 1 aromatic rings. The largest absolute Gasteiger partial charge is 0.380 e. The van der Waals surface area contributed by atoms with Crippen molar-refractivity contribution >= 4 is 0 Å². The third-order valence-electron chi connectivity index (χ3n) is 2.19. The molecule has 0 aliphatic rings. The second-order valence-electron chi connectivity index (χ2n) is 3.77. The highest BCUT2D eigenvalue weighted by Crippen LogP contribution is 2.09. The van der Waals surface area contributed by atoms with E-state index >= 15 is 0 Å². The van der Waals surface area contributed by atoms with Gasteiger partial charge >= 0.3 is 0 Å². The molecule has 2 heteroatoms. The van der Waals surface area contributed by atoms with E-state index in [9.17, 15) is 0 Å². The predicted octanol–water partition coefficient (Wildman–Crippen LogP) is 2.11. The summed E-state index contributed by atoms with van der Waals surface area (Å²) in [4.78, 5) is 0. The van der Waals surface area contributed by atoms with Crippen molar-refractivity contribution in [3.05, 3.63) is 35.4 Å². The van der Waals surface area contributed by atoms with Crippen LogP contribution in [0.4, 0.5) is 0 Å². The standard InChI is InChI=1S/C12H19NO/c1-10(13)6-7-11-4-3-5-12(8-11)9-14-2/h3-5,8,10H,6-7,9,13H2,1-2H3/t10-/m1/s1. The maximum absolute atomic E-state index is 5.71. The predicted molar refractivity (Wildman–Crippen MR) is 59.1 cm³/mol. The lowest BCUT2D eigenvalue weighted by Gasteiger charge is -2.06. The summed E-state index contributed by atoms with van der Waals surface area (Å²) in [6, 6.07) is 8.76. The van der Waals surface area contributed by atoms with Crippen molar-refractivity contribution in [2.24, 2.45) is 5.73 Å². The van der Waals surface area contributed by atoms with E-state index in [1.807, 2.05) is 6.92 Å². The summed E-state index contributed by atoms with van der Waals surface area (Å²) >= 11 is 0. The number of nitrogens with two attached hydrogens (primary N) is 1. The van der Waals surface area contributed by atoms with Gasteiger partial charge in [0.05, 0.1) is 6.61 Å². The van der Waals surface area contributed by atoms with Gasteiger partial charge in [-0.2, -0.15) is 0 Å². The topological polar surface area (TPSA) is 35.2 Å². The average Bonchev–Trinajstić information content (AvgIpc) is 2.16. The highest BCUT2D eigenvalue weighted by atomic mass is 16.5. The Bertz CT molecular complexity index is 271. The molecule has 0 aliphatic carbocycles. The van der Waals surface area contributed by atoms with Crippen molar-refractivity contribution < 1.29 is 4.74 Å². The van der Waals surface area contributed by atoms with Gasteiger partial charge in [0, 0.05) is 13.2 Å². The van der Waals surface area contributed by atoms with Crippen molar-refractivity contribution in [1.29, 1.82) is 0 Å². The summed E-state index contributed by atoms with van der Waals surface area (Å²) in [6.45, 7) is 2.73. The van der Waals surface area contributed by atoms with E-state index in [0.717, 1.165) is 12.8 Å². The highest BCUT2D eigenvalue weighted by Gasteiger charge is 1.98. The summed E-state index contributed by atoms with van der Waals surface area (Å²) in [5.41, 5.74) is 8.29. The third-order valence-corrected chi connectivity index (χ3v) is 2.19. The number of ether oxygens (including phenoxy) is 1. The molecule has 0 bridgehead atoms. The normalized spacial score (nSPS) is 12.8. The van der Waals surface area contributed by atoms with Crippen molar-refractivity contribution in [2.75, 3.05) is 7.11 Å². The molecule has 0 heterocycles. The number of methoxy groups -OCH3 is 1. The van der Waals surface area contributed by atoms with Crippen LogP contribution in [0.3, 0.4) is 0 Å². The smallest absolute Gasteiger partial charge is 0.0713 e. The minimum absolute atomic E-state index is 0.279. The van der Waals surface area contributed by atoms with Crippen molar-refractivity contribution in [3.8, 4) is 0 Å². The summed E-state index contributed by atoms with van der Waals surface area (Å²) in [5, 5.41) is 0. The van der Waals surface area contributed by atoms with Gasteiger partial charge in [-0.05, 0) is 30.9 Å². The van der Waals surface area contributed by atoms with Crippen molar-refractivity contribution in [1.82, 2.24) is 0 Å². The average molecular weight is 193 g/mol. The Hall–Kier alpha value is -0.860. The van der Waals surface area contributed by atoms with Gasteiger partial charge in [-0.25, -0.2) is 0 Å². The molecular formula is C12H19NO. The lowest BCUT2D eigenvalue weighted by atomic mass is 10.0. The first kappa shape index (κ1) is 11.2. The molecule has 0 saturated carbocycles. The van der Waals surface area contributed by atoms with Crippen molar-refractivity contribution in [2.45, 2.75) is 32.4 Å². The molecular weight excluding hydrogens is 174 g/mol. The zero-order chi connectivity index (χ0) is 10.4. The van der Waals surface area contributed by atoms with Crippen LogP contribution in [0, 0.1) is 0 Å². The first-order valence-corrected chi connectivity index (χ1v) is 5.04. The van der Waals surface area contributed by atoms with Gasteiger partial charge in [-0.15, -0.1) is 0 Å². The van der Waals surface area contributed by atoms with Crippen LogP contribution in [0.1, 0.15) is 24.5 Å². The fourth-order valence-corrected chi connectivity index (χ4v) is 1.44. The maximum atomic E-state index is 5.71. The minimum atomic E-state index is 0.279. The Labute approximate surface area is 86.1 Å². The Kier molecular flexibility index (Phi) is 4.63. The minimum Gasteiger partial charge on any atom is -0.380 e. The molecule has 1 aromatic carbocycles. The highest BCUT2D eigenvalue weighted by molar-refractivity contribution is 5.23. The van der Waals surface area contributed by atoms with Gasteiger partial charge < -0.3 is 10.5 Å². The van der Waals surface area contributed by atoms with Gasteiger partial charge in [0.2, 0.25) is 0 Å². The van der Waals surface area contributed by atoms with E-state index in [-0.39, 0.29) is 6.04 Å². The molecule has 0 aromatic heterocycles. The zero-order valence-corrected chi connectivity index (χ0v) is 8.99. The number of benzene rings is 1. The van der Waals surface area contributed by atoms with Crippen LogP contribution in [0.25, 0.3) is 0 Å². The van der Waals surface area contributed by atoms with Gasteiger partial charge in [-0.3, -0.25) is 0 Å². The summed E-state index contributed by atoms with van der Waals surface area (Å²) in [6.07, 6.45) is 2.09. The molecule has 0 amide bonds. The van der Waals surface area contributed by atoms with Crippen LogP contribution in [0.15, 0.2) is 24.3 Å². The molecule has 1 rings (SSSR count). The molecule has 0 saturated heterocycles. The van der Waals surface area contributed by atoms with Gasteiger partial charge in [0.1, 0.15) is 0 Å². The fraction of sp³-hybridized carbons (Fsp3) is 0.500. The Morgan fingerprint density at radius 2 is 2.07 bits per heavy atom. The summed E-state index contributed by atoms with van der Waals surface area (Å²) in [5.74, 6) is 0. The lowest BCUT2D eigenvalue weighted by Crippen LogP contribution is -2.15. The monoisotopic (exact) mass is 193 g/mol. The Morgan fingerprint density at radius 3 is 2.71 bits per heavy atom. The number of hydrogen-bond donors (Lipinski definition) is 1. The van der Waals surface area contributed by atoms with Gasteiger partial charge in [-0.1, -0.05) is 24.3 Å². The molecule has 1 atom stereocenters. The van der Waals surface area contributed by atoms with Crippen LogP contribution in [-0.4, -0.2) is 13.2 Å². The number of hydrogen-bond acceptors (Lipinski definition) is 2. The van der Waals surface area contributed by atoms with Gasteiger partial charge in [0.15, 0.2) is 0 Å². The van der Waals surface area contributed by atoms with Crippen LogP contribution in [0.2, 0.25) is 0 Å². The number of aryl methyl sites for hydroxylation is 1. The Morgan fingerprint density at radius 1 is 1.36 bits per heavy atom. The summed E-state index contributed by atoms with van der Waals surface area (Å²) in [7, 11) is 1.72. The molecule has 0 fully saturated rings. The van der Waals surface area contributed by atoms with Crippen LogP contribution >= 0.6 is 0 Å². The van der Waals surface area contributed by atoms with Gasteiger partial charge in [0.25, 0.3) is 0 Å². The van der Waals surface area contributed by atoms with E-state index in [0.29, 0.717) is 6.61 Å². The molecule has 0 spiro atoms. The molecule has 0 radical (unpaired) electrons. The molecule has 14 heavy (non-hydrogen) atoms. The lowest BCUT2D eigenvalue weighted by molar-refractivity contribution is 0.185. The molecule has 2 nitrogen and oxygen atoms in total. The molecule has 2 N–H and O–H groups in total. The van der Waals surface area contributed by atoms with E-state index in [1.54, 1.807) is 7.11 Å². The number of rotatable bonds is 5. The Balaban J connectivity index is 2.54. The van der Waals surface area contributed by atoms with Crippen LogP contribution < -0.4 is 5.73 Å². The second kappa shape index (κ2) is 5.78. The van der Waals surface area contributed by atoms with Crippen molar-refractivity contribution in [3.63, 3.8) is 0 Å². The fourth-order valence-electron chi connectivity index (χ4n) is 1.44. The molecule has 0 aliphatic heterocycles. The molecule has 0 unspecified atom stereocenters. The van der Waals surface area contributed by atoms with E-state index in [4.69, 9.17) is 10.5 Å². The first-order valence-electron chi connectivity index (χ1n) is 5.04. The van der Waals surface area contributed by atoms with Crippen LogP contribution in [0.5, 0.6) is 0 Å². The van der Waals surface area contributed by atoms with E-state index < -0.39 is 0 Å². The van der Waals surface area contributed by atoms with Crippen LogP contribution in [-0.2, 0) is 17.8 Å². The van der Waals surface area contributed by atoms with E-state index in [2.05, 4.69) is 24.3 Å². The molecule has 78 valence electrons. The zero-order valence-electron chi connectivity index (χ0n) is 8.99. The van der Waals surface area contributed by atoms with E-state index in [1.165, 1.54) is 11.1 Å². The maximum Gasteiger partial charge on any atom is 0.0713 e. The SMILES string of the molecule is COCc1cccc(CC[C@@H](C)N)c1. The second-order valence-corrected chi connectivity index (χ2v) is 3.77. The summed E-state index contributed by atoms with van der Waals surface area (Å²) < 4.78 is 5.08. The third kappa shape index (κ3) is 3.90.